The van der Waals surface area contributed by atoms with E-state index in [1.165, 1.54) is 25.7 Å². The molecule has 1 amide bonds. The molecule has 4 nitrogen and oxygen atoms in total. The molecule has 4 heteroatoms. The molecule has 1 saturated heterocycles. The summed E-state index contributed by atoms with van der Waals surface area (Å²) < 4.78 is 5.73. The lowest BCUT2D eigenvalue weighted by Gasteiger charge is -2.17. The summed E-state index contributed by atoms with van der Waals surface area (Å²) in [7, 11) is 0. The number of hydrogen-bond acceptors (Lipinski definition) is 3. The number of carbonyl (C=O) groups excluding carboxylic acids is 1. The molecule has 0 aromatic rings. The highest BCUT2D eigenvalue weighted by Crippen LogP contribution is 2.20. The smallest absolute Gasteiger partial charge is 0.240 e. The first-order valence-electron chi connectivity index (χ1n) is 5.91. The van der Waals surface area contributed by atoms with E-state index in [4.69, 9.17) is 4.74 Å². The largest absolute Gasteiger partial charge is 0.376 e. The Bertz CT molecular complexity index is 227. The van der Waals surface area contributed by atoms with E-state index in [0.717, 1.165) is 6.54 Å². The lowest BCUT2D eigenvalue weighted by molar-refractivity contribution is -0.129. The van der Waals surface area contributed by atoms with Crippen molar-refractivity contribution in [1.29, 1.82) is 0 Å². The quantitative estimate of drug-likeness (QED) is 0.746. The van der Waals surface area contributed by atoms with Crippen LogP contribution in [-0.4, -0.2) is 42.8 Å². The zero-order valence-corrected chi connectivity index (χ0v) is 9.37. The molecule has 2 fully saturated rings. The molecular formula is C11H20N2O2. The SMILES string of the molecule is CC1NCN(CCOC2CCCC2)C1=O. The molecule has 0 bridgehead atoms. The second-order valence-corrected chi connectivity index (χ2v) is 4.46. The average molecular weight is 212 g/mol. The number of nitrogens with one attached hydrogen (secondary N) is 1. The molecule has 1 aliphatic heterocycles. The highest BCUT2D eigenvalue weighted by molar-refractivity contribution is 5.83. The van der Waals surface area contributed by atoms with Crippen molar-refractivity contribution in [2.75, 3.05) is 19.8 Å². The lowest BCUT2D eigenvalue weighted by atomic mass is 10.3. The third-order valence-corrected chi connectivity index (χ3v) is 3.29. The number of hydrogen-bond donors (Lipinski definition) is 1. The minimum absolute atomic E-state index is 0.0171. The van der Waals surface area contributed by atoms with Crippen LogP contribution in [0.25, 0.3) is 0 Å². The average Bonchev–Trinajstić information content (AvgIpc) is 2.83. The van der Waals surface area contributed by atoms with E-state index in [-0.39, 0.29) is 11.9 Å². The van der Waals surface area contributed by atoms with Crippen LogP contribution in [-0.2, 0) is 9.53 Å². The van der Waals surface area contributed by atoms with Crippen LogP contribution in [0.15, 0.2) is 0 Å². The van der Waals surface area contributed by atoms with Gasteiger partial charge in [-0.05, 0) is 19.8 Å². The standard InChI is InChI=1S/C11H20N2O2/c1-9-11(14)13(8-12-9)6-7-15-10-4-2-3-5-10/h9-10,12H,2-8H2,1H3. The fourth-order valence-electron chi connectivity index (χ4n) is 2.26. The summed E-state index contributed by atoms with van der Waals surface area (Å²) in [5, 5.41) is 3.12. The Morgan fingerprint density at radius 1 is 1.47 bits per heavy atom. The van der Waals surface area contributed by atoms with Gasteiger partial charge in [0.2, 0.25) is 5.91 Å². The Kier molecular flexibility index (Phi) is 3.59. The van der Waals surface area contributed by atoms with Gasteiger partial charge in [-0.25, -0.2) is 0 Å². The van der Waals surface area contributed by atoms with Crippen molar-refractivity contribution in [3.05, 3.63) is 0 Å². The summed E-state index contributed by atoms with van der Waals surface area (Å²) >= 11 is 0. The fourth-order valence-corrected chi connectivity index (χ4v) is 2.26. The maximum Gasteiger partial charge on any atom is 0.240 e. The third kappa shape index (κ3) is 2.69. The van der Waals surface area contributed by atoms with Gasteiger partial charge in [0, 0.05) is 6.54 Å². The Hall–Kier alpha value is -0.610. The van der Waals surface area contributed by atoms with Crippen LogP contribution in [0.3, 0.4) is 0 Å². The van der Waals surface area contributed by atoms with Gasteiger partial charge >= 0.3 is 0 Å². The molecule has 0 aromatic carbocycles. The van der Waals surface area contributed by atoms with Crippen molar-refractivity contribution in [1.82, 2.24) is 10.2 Å². The van der Waals surface area contributed by atoms with Crippen LogP contribution in [0.2, 0.25) is 0 Å². The zero-order valence-electron chi connectivity index (χ0n) is 9.37. The van der Waals surface area contributed by atoms with Gasteiger partial charge in [0.15, 0.2) is 0 Å². The van der Waals surface area contributed by atoms with Crippen molar-refractivity contribution < 1.29 is 9.53 Å². The lowest BCUT2D eigenvalue weighted by Crippen LogP contribution is -2.32. The summed E-state index contributed by atoms with van der Waals surface area (Å²) in [6, 6.07) is -0.0171. The van der Waals surface area contributed by atoms with Crippen LogP contribution in [0, 0.1) is 0 Å². The second-order valence-electron chi connectivity index (χ2n) is 4.46. The Morgan fingerprint density at radius 3 is 2.80 bits per heavy atom. The van der Waals surface area contributed by atoms with Crippen LogP contribution in [0.1, 0.15) is 32.6 Å². The molecule has 2 rings (SSSR count). The molecule has 1 heterocycles. The third-order valence-electron chi connectivity index (χ3n) is 3.29. The molecule has 0 aromatic heterocycles. The first-order chi connectivity index (χ1) is 7.27. The molecule has 86 valence electrons. The van der Waals surface area contributed by atoms with Crippen molar-refractivity contribution in [2.24, 2.45) is 0 Å². The van der Waals surface area contributed by atoms with Crippen molar-refractivity contribution >= 4 is 5.91 Å². The molecule has 1 saturated carbocycles. The monoisotopic (exact) mass is 212 g/mol. The predicted octanol–water partition coefficient (Wildman–Crippen LogP) is 0.723. The fraction of sp³-hybridized carbons (Fsp3) is 0.909. The Balaban J connectivity index is 1.63. The highest BCUT2D eigenvalue weighted by Gasteiger charge is 2.26. The van der Waals surface area contributed by atoms with E-state index in [1.54, 1.807) is 0 Å². The Labute approximate surface area is 91.0 Å². The minimum Gasteiger partial charge on any atom is -0.376 e. The van der Waals surface area contributed by atoms with Crippen LogP contribution >= 0.6 is 0 Å². The highest BCUT2D eigenvalue weighted by atomic mass is 16.5. The predicted molar refractivity (Wildman–Crippen MR) is 57.4 cm³/mol. The Morgan fingerprint density at radius 2 is 2.20 bits per heavy atom. The van der Waals surface area contributed by atoms with Gasteiger partial charge < -0.3 is 9.64 Å². The van der Waals surface area contributed by atoms with E-state index < -0.39 is 0 Å². The van der Waals surface area contributed by atoms with Crippen LogP contribution < -0.4 is 5.32 Å². The molecule has 1 aliphatic carbocycles. The number of amides is 1. The first-order valence-corrected chi connectivity index (χ1v) is 5.91. The van der Waals surface area contributed by atoms with Gasteiger partial charge in [-0.2, -0.15) is 0 Å². The van der Waals surface area contributed by atoms with Crippen LogP contribution in [0.4, 0.5) is 0 Å². The minimum atomic E-state index is -0.0171. The molecule has 0 spiro atoms. The summed E-state index contributed by atoms with van der Waals surface area (Å²) in [6.07, 6.45) is 5.44. The topological polar surface area (TPSA) is 41.6 Å². The normalized spacial score (nSPS) is 27.9. The maximum absolute atomic E-state index is 11.5. The number of carbonyl (C=O) groups is 1. The second kappa shape index (κ2) is 4.94. The summed E-state index contributed by atoms with van der Waals surface area (Å²) in [5.41, 5.74) is 0. The van der Waals surface area contributed by atoms with Crippen molar-refractivity contribution in [3.63, 3.8) is 0 Å². The molecular weight excluding hydrogens is 192 g/mol. The zero-order chi connectivity index (χ0) is 10.7. The van der Waals surface area contributed by atoms with Crippen LogP contribution in [0.5, 0.6) is 0 Å². The van der Waals surface area contributed by atoms with Crippen molar-refractivity contribution in [2.45, 2.75) is 44.8 Å². The maximum atomic E-state index is 11.5. The van der Waals surface area contributed by atoms with E-state index in [0.29, 0.717) is 19.4 Å². The first kappa shape index (κ1) is 10.9. The van der Waals surface area contributed by atoms with E-state index in [9.17, 15) is 4.79 Å². The molecule has 1 unspecified atom stereocenters. The molecule has 0 radical (unpaired) electrons. The van der Waals surface area contributed by atoms with E-state index >= 15 is 0 Å². The van der Waals surface area contributed by atoms with E-state index in [2.05, 4.69) is 5.32 Å². The summed E-state index contributed by atoms with van der Waals surface area (Å²) in [4.78, 5) is 13.4. The van der Waals surface area contributed by atoms with Gasteiger partial charge in [-0.3, -0.25) is 10.1 Å². The molecule has 1 atom stereocenters. The number of nitrogens with zero attached hydrogens (tertiary/aromatic N) is 1. The number of rotatable bonds is 4. The van der Waals surface area contributed by atoms with Gasteiger partial charge in [0.1, 0.15) is 0 Å². The molecule has 15 heavy (non-hydrogen) atoms. The summed E-state index contributed by atoms with van der Waals surface area (Å²) in [5.74, 6) is 0.199. The van der Waals surface area contributed by atoms with Gasteiger partial charge in [-0.1, -0.05) is 12.8 Å². The van der Waals surface area contributed by atoms with E-state index in [1.807, 2.05) is 11.8 Å². The van der Waals surface area contributed by atoms with Gasteiger partial charge in [0.25, 0.3) is 0 Å². The van der Waals surface area contributed by atoms with Crippen molar-refractivity contribution in [3.8, 4) is 0 Å². The van der Waals surface area contributed by atoms with Gasteiger partial charge in [-0.15, -0.1) is 0 Å². The number of ether oxygens (including phenoxy) is 1. The summed E-state index contributed by atoms with van der Waals surface area (Å²) in [6.45, 7) is 3.99. The molecule has 2 aliphatic rings. The van der Waals surface area contributed by atoms with Gasteiger partial charge in [0.05, 0.1) is 25.4 Å². The molecule has 1 N–H and O–H groups in total.